The largest absolute Gasteiger partial charge is 0.354 e. The van der Waals surface area contributed by atoms with Gasteiger partial charge >= 0.3 is 0 Å². The maximum Gasteiger partial charge on any atom is 0.295 e. The smallest absolute Gasteiger partial charge is 0.295 e. The average molecular weight is 411 g/mol. The Labute approximate surface area is 176 Å². The molecule has 0 radical (unpaired) electrons. The van der Waals surface area contributed by atoms with Gasteiger partial charge in [0.15, 0.2) is 5.52 Å². The lowest BCUT2D eigenvalue weighted by atomic mass is 10.2. The van der Waals surface area contributed by atoms with Crippen molar-refractivity contribution in [2.45, 2.75) is 40.7 Å². The summed E-state index contributed by atoms with van der Waals surface area (Å²) >= 11 is 0. The van der Waals surface area contributed by atoms with Crippen LogP contribution in [-0.4, -0.2) is 56.5 Å². The third-order valence-electron chi connectivity index (χ3n) is 5.35. The Balaban J connectivity index is 1.77. The summed E-state index contributed by atoms with van der Waals surface area (Å²) in [7, 11) is 0. The molecule has 8 nitrogen and oxygen atoms in total. The topological polar surface area (TPSA) is 85.1 Å². The summed E-state index contributed by atoms with van der Waals surface area (Å²) in [6.45, 7) is 11.4. The second-order valence-corrected chi connectivity index (χ2v) is 7.33. The third-order valence-corrected chi connectivity index (χ3v) is 5.35. The van der Waals surface area contributed by atoms with Crippen LogP contribution in [0.1, 0.15) is 31.7 Å². The first kappa shape index (κ1) is 21.7. The molecule has 1 amide bonds. The highest BCUT2D eigenvalue weighted by Gasteiger charge is 2.18. The summed E-state index contributed by atoms with van der Waals surface area (Å²) in [5.74, 6) is -0.220. The van der Waals surface area contributed by atoms with Gasteiger partial charge in [0, 0.05) is 6.54 Å². The van der Waals surface area contributed by atoms with Crippen molar-refractivity contribution in [3.05, 3.63) is 52.1 Å². The number of carbonyl (C=O) groups excluding carboxylic acids is 1. The SMILES string of the molecule is CCN(CC)CCCNC(=O)Cn1nc(C)c2c(C)n(-c3ccccc3)nc2c1=O. The summed E-state index contributed by atoms with van der Waals surface area (Å²) in [5, 5.41) is 12.5. The number of carbonyl (C=O) groups is 1. The zero-order chi connectivity index (χ0) is 21.7. The first-order valence-electron chi connectivity index (χ1n) is 10.5. The molecule has 0 aliphatic carbocycles. The van der Waals surface area contributed by atoms with Crippen LogP contribution in [0.5, 0.6) is 0 Å². The van der Waals surface area contributed by atoms with Crippen LogP contribution in [0.2, 0.25) is 0 Å². The fourth-order valence-corrected chi connectivity index (χ4v) is 3.67. The predicted molar refractivity (Wildman–Crippen MR) is 118 cm³/mol. The van der Waals surface area contributed by atoms with E-state index in [0.717, 1.165) is 42.8 Å². The fraction of sp³-hybridized carbons (Fsp3) is 0.455. The molecule has 2 heterocycles. The molecule has 1 N–H and O–H groups in total. The van der Waals surface area contributed by atoms with Crippen molar-refractivity contribution in [1.29, 1.82) is 0 Å². The first-order valence-corrected chi connectivity index (χ1v) is 10.5. The number of aryl methyl sites for hydroxylation is 2. The van der Waals surface area contributed by atoms with Gasteiger partial charge in [0.1, 0.15) is 6.54 Å². The van der Waals surface area contributed by atoms with Gasteiger partial charge in [-0.05, 0) is 52.0 Å². The zero-order valence-corrected chi connectivity index (χ0v) is 18.2. The Kier molecular flexibility index (Phi) is 6.99. The van der Waals surface area contributed by atoms with E-state index in [2.05, 4.69) is 34.3 Å². The van der Waals surface area contributed by atoms with E-state index in [1.165, 1.54) is 4.68 Å². The Morgan fingerprint density at radius 1 is 1.10 bits per heavy atom. The molecule has 0 saturated heterocycles. The van der Waals surface area contributed by atoms with E-state index >= 15 is 0 Å². The van der Waals surface area contributed by atoms with Crippen molar-refractivity contribution in [2.75, 3.05) is 26.2 Å². The number of aromatic nitrogens is 4. The molecule has 0 saturated carbocycles. The standard InChI is InChI=1S/C22H30N6O2/c1-5-26(6-2)14-10-13-23-19(29)15-27-22(30)21-20(16(3)24-27)17(4)28(25-21)18-11-8-7-9-12-18/h7-9,11-12H,5-6,10,13-15H2,1-4H3,(H,23,29). The van der Waals surface area contributed by atoms with Crippen LogP contribution in [0.3, 0.4) is 0 Å². The number of nitrogens with zero attached hydrogens (tertiary/aromatic N) is 5. The molecule has 1 aromatic carbocycles. The van der Waals surface area contributed by atoms with E-state index in [4.69, 9.17) is 0 Å². The van der Waals surface area contributed by atoms with Gasteiger partial charge in [-0.15, -0.1) is 0 Å². The number of para-hydroxylation sites is 1. The fourth-order valence-electron chi connectivity index (χ4n) is 3.67. The summed E-state index contributed by atoms with van der Waals surface area (Å²) in [6, 6.07) is 9.66. The monoisotopic (exact) mass is 410 g/mol. The van der Waals surface area contributed by atoms with Crippen molar-refractivity contribution in [1.82, 2.24) is 29.8 Å². The molecule has 0 unspecified atom stereocenters. The lowest BCUT2D eigenvalue weighted by Crippen LogP contribution is -2.35. The number of nitrogens with one attached hydrogen (secondary N) is 1. The number of amides is 1. The number of rotatable bonds is 9. The zero-order valence-electron chi connectivity index (χ0n) is 18.2. The van der Waals surface area contributed by atoms with Gasteiger partial charge in [0.2, 0.25) is 5.91 Å². The molecule has 0 spiro atoms. The Hall–Kier alpha value is -3.00. The van der Waals surface area contributed by atoms with Crippen molar-refractivity contribution in [2.24, 2.45) is 0 Å². The number of hydrogen-bond acceptors (Lipinski definition) is 5. The van der Waals surface area contributed by atoms with Gasteiger partial charge in [-0.2, -0.15) is 10.2 Å². The maximum absolute atomic E-state index is 12.9. The van der Waals surface area contributed by atoms with Crippen LogP contribution < -0.4 is 10.9 Å². The highest BCUT2D eigenvalue weighted by Crippen LogP contribution is 2.20. The number of benzene rings is 1. The highest BCUT2D eigenvalue weighted by molar-refractivity contribution is 5.83. The van der Waals surface area contributed by atoms with E-state index in [0.29, 0.717) is 17.8 Å². The molecule has 3 rings (SSSR count). The molecular weight excluding hydrogens is 380 g/mol. The second-order valence-electron chi connectivity index (χ2n) is 7.33. The molecule has 0 fully saturated rings. The number of hydrogen-bond donors (Lipinski definition) is 1. The van der Waals surface area contributed by atoms with Crippen LogP contribution >= 0.6 is 0 Å². The van der Waals surface area contributed by atoms with E-state index < -0.39 is 0 Å². The van der Waals surface area contributed by atoms with Crippen LogP contribution in [0.15, 0.2) is 35.1 Å². The summed E-state index contributed by atoms with van der Waals surface area (Å²) in [4.78, 5) is 27.6. The molecule has 160 valence electrons. The molecule has 30 heavy (non-hydrogen) atoms. The van der Waals surface area contributed by atoms with E-state index in [9.17, 15) is 9.59 Å². The summed E-state index contributed by atoms with van der Waals surface area (Å²) < 4.78 is 2.96. The van der Waals surface area contributed by atoms with Crippen LogP contribution in [0, 0.1) is 13.8 Å². The van der Waals surface area contributed by atoms with Gasteiger partial charge in [-0.1, -0.05) is 32.0 Å². The molecule has 0 aliphatic heterocycles. The van der Waals surface area contributed by atoms with Gasteiger partial charge in [0.25, 0.3) is 5.56 Å². The summed E-state index contributed by atoms with van der Waals surface area (Å²) in [5.41, 5.74) is 2.39. The van der Waals surface area contributed by atoms with Crippen molar-refractivity contribution < 1.29 is 4.79 Å². The highest BCUT2D eigenvalue weighted by atomic mass is 16.2. The normalized spacial score (nSPS) is 11.4. The molecule has 2 aromatic heterocycles. The lowest BCUT2D eigenvalue weighted by molar-refractivity contribution is -0.121. The Bertz CT molecular complexity index is 1070. The predicted octanol–water partition coefficient (Wildman–Crippen LogP) is 2.05. The van der Waals surface area contributed by atoms with E-state index in [1.807, 2.05) is 44.2 Å². The molecule has 0 atom stereocenters. The van der Waals surface area contributed by atoms with Crippen molar-refractivity contribution in [3.8, 4) is 5.69 Å². The number of fused-ring (bicyclic) bond motifs is 1. The second kappa shape index (κ2) is 9.67. The minimum absolute atomic E-state index is 0.113. The lowest BCUT2D eigenvalue weighted by Gasteiger charge is -2.17. The Morgan fingerprint density at radius 3 is 2.47 bits per heavy atom. The third kappa shape index (κ3) is 4.59. The molecular formula is C22H30N6O2. The molecule has 0 bridgehead atoms. The quantitative estimate of drug-likeness (QED) is 0.546. The molecule has 0 aliphatic rings. The van der Waals surface area contributed by atoms with E-state index in [1.54, 1.807) is 4.68 Å². The van der Waals surface area contributed by atoms with Crippen molar-refractivity contribution >= 4 is 16.8 Å². The molecule has 8 heteroatoms. The first-order chi connectivity index (χ1) is 14.5. The van der Waals surface area contributed by atoms with Crippen LogP contribution in [-0.2, 0) is 11.3 Å². The molecule has 3 aromatic rings. The van der Waals surface area contributed by atoms with Gasteiger partial charge in [0.05, 0.1) is 22.5 Å². The average Bonchev–Trinajstić information content (AvgIpc) is 3.10. The van der Waals surface area contributed by atoms with Crippen LogP contribution in [0.25, 0.3) is 16.6 Å². The summed E-state index contributed by atoms with van der Waals surface area (Å²) in [6.07, 6.45) is 0.870. The maximum atomic E-state index is 12.9. The minimum Gasteiger partial charge on any atom is -0.354 e. The van der Waals surface area contributed by atoms with Gasteiger partial charge in [-0.3, -0.25) is 9.59 Å². The van der Waals surface area contributed by atoms with E-state index in [-0.39, 0.29) is 18.0 Å². The minimum atomic E-state index is -0.355. The van der Waals surface area contributed by atoms with Crippen LogP contribution in [0.4, 0.5) is 0 Å². The van der Waals surface area contributed by atoms with Gasteiger partial charge < -0.3 is 10.2 Å². The van der Waals surface area contributed by atoms with Gasteiger partial charge in [-0.25, -0.2) is 9.36 Å². The van der Waals surface area contributed by atoms with Crippen molar-refractivity contribution in [3.63, 3.8) is 0 Å². The Morgan fingerprint density at radius 2 is 1.80 bits per heavy atom.